The lowest BCUT2D eigenvalue weighted by molar-refractivity contribution is -0.0689. The highest BCUT2D eigenvalue weighted by Gasteiger charge is 2.35. The lowest BCUT2D eigenvalue weighted by atomic mass is 9.97. The number of nitrogens with one attached hydrogen (secondary N) is 2. The summed E-state index contributed by atoms with van der Waals surface area (Å²) in [6, 6.07) is 3.40. The average molecular weight is 501 g/mol. The Hall–Kier alpha value is -3.66. The monoisotopic (exact) mass is 500 g/mol. The molecule has 36 heavy (non-hydrogen) atoms. The number of allylic oxidation sites excluding steroid dienone is 1. The van der Waals surface area contributed by atoms with Crippen LogP contribution in [0.4, 0.5) is 13.2 Å². The number of aryl methyl sites for hydroxylation is 1. The lowest BCUT2D eigenvalue weighted by Gasteiger charge is -2.31. The maximum Gasteiger partial charge on any atom is 0.417 e. The van der Waals surface area contributed by atoms with Crippen molar-refractivity contribution in [1.29, 1.82) is 0 Å². The Morgan fingerprint density at radius 1 is 1.25 bits per heavy atom. The first-order valence-corrected chi connectivity index (χ1v) is 11.5. The molecule has 0 aromatic carbocycles. The van der Waals surface area contributed by atoms with Crippen LogP contribution in [-0.4, -0.2) is 64.5 Å². The highest BCUT2D eigenvalue weighted by atomic mass is 19.4. The van der Waals surface area contributed by atoms with E-state index < -0.39 is 11.7 Å². The van der Waals surface area contributed by atoms with Crippen LogP contribution in [0.5, 0.6) is 0 Å². The third-order valence-electron chi connectivity index (χ3n) is 5.95. The summed E-state index contributed by atoms with van der Waals surface area (Å²) in [6.45, 7) is 13.0. The lowest BCUT2D eigenvalue weighted by Crippen LogP contribution is -2.40. The molecule has 10 heteroatoms. The largest absolute Gasteiger partial charge is 0.417 e. The van der Waals surface area contributed by atoms with Gasteiger partial charge in [0.25, 0.3) is 5.91 Å². The first-order chi connectivity index (χ1) is 17.0. The third-order valence-corrected chi connectivity index (χ3v) is 5.95. The van der Waals surface area contributed by atoms with Gasteiger partial charge >= 0.3 is 6.18 Å². The molecule has 192 valence electrons. The number of piperidine rings is 1. The molecule has 1 fully saturated rings. The molecule has 2 aromatic heterocycles. The fourth-order valence-corrected chi connectivity index (χ4v) is 3.92. The molecular weight excluding hydrogens is 469 g/mol. The molecular formula is C26H31F3N6O. The number of alkyl halides is 3. The normalized spacial score (nSPS) is 15.1. The van der Waals surface area contributed by atoms with E-state index in [-0.39, 0.29) is 41.1 Å². The molecule has 3 rings (SSSR count). The predicted molar refractivity (Wildman–Crippen MR) is 137 cm³/mol. The van der Waals surface area contributed by atoms with Gasteiger partial charge in [-0.25, -0.2) is 4.98 Å². The molecule has 0 spiro atoms. The quantitative estimate of drug-likeness (QED) is 0.542. The average Bonchev–Trinajstić information content (AvgIpc) is 3.27. The van der Waals surface area contributed by atoms with Crippen LogP contribution in [0.25, 0.3) is 23.4 Å². The second-order valence-electron chi connectivity index (χ2n) is 8.72. The van der Waals surface area contributed by atoms with Crippen LogP contribution in [0.3, 0.4) is 0 Å². The molecule has 0 bridgehead atoms. The van der Waals surface area contributed by atoms with Crippen molar-refractivity contribution < 1.29 is 18.0 Å². The Morgan fingerprint density at radius 2 is 1.94 bits per heavy atom. The smallest absolute Gasteiger partial charge is 0.382 e. The topological polar surface area (TPSA) is 75.1 Å². The highest BCUT2D eigenvalue weighted by molar-refractivity contribution is 5.92. The number of hydrogen-bond acceptors (Lipinski definition) is 5. The Labute approximate surface area is 209 Å². The molecule has 0 saturated carbocycles. The molecule has 1 aliphatic heterocycles. The Kier molecular flexibility index (Phi) is 8.52. The van der Waals surface area contributed by atoms with E-state index in [0.717, 1.165) is 25.9 Å². The maximum absolute atomic E-state index is 13.6. The van der Waals surface area contributed by atoms with Crippen LogP contribution >= 0.6 is 0 Å². The SMILES string of the molecule is C=Cc1c(C(=C)NC2CCN(C)CC2)cc(/C=C/CNC(=O)c2ccn(C)n2)nc1C(=C)C(F)(F)F. The minimum absolute atomic E-state index is 0.139. The molecule has 2 aromatic rings. The molecule has 1 aliphatic rings. The first-order valence-electron chi connectivity index (χ1n) is 11.5. The van der Waals surface area contributed by atoms with Gasteiger partial charge in [0.05, 0.1) is 17.0 Å². The second-order valence-corrected chi connectivity index (χ2v) is 8.72. The second kappa shape index (κ2) is 11.4. The van der Waals surface area contributed by atoms with Crippen LogP contribution < -0.4 is 10.6 Å². The van der Waals surface area contributed by atoms with Gasteiger partial charge in [0.1, 0.15) is 5.69 Å². The summed E-state index contributed by atoms with van der Waals surface area (Å²) in [4.78, 5) is 18.6. The van der Waals surface area contributed by atoms with Crippen molar-refractivity contribution in [2.75, 3.05) is 26.7 Å². The van der Waals surface area contributed by atoms with Crippen molar-refractivity contribution in [2.45, 2.75) is 25.1 Å². The van der Waals surface area contributed by atoms with Gasteiger partial charge in [0.15, 0.2) is 0 Å². The van der Waals surface area contributed by atoms with Gasteiger partial charge in [-0.15, -0.1) is 0 Å². The van der Waals surface area contributed by atoms with Crippen molar-refractivity contribution in [3.05, 3.63) is 72.4 Å². The first kappa shape index (κ1) is 26.9. The van der Waals surface area contributed by atoms with Gasteiger partial charge in [-0.3, -0.25) is 9.48 Å². The number of nitrogens with zero attached hydrogens (tertiary/aromatic N) is 4. The number of carbonyl (C=O) groups is 1. The molecule has 0 unspecified atom stereocenters. The fourth-order valence-electron chi connectivity index (χ4n) is 3.92. The summed E-state index contributed by atoms with van der Waals surface area (Å²) in [5.74, 6) is -0.363. The number of amides is 1. The molecule has 7 nitrogen and oxygen atoms in total. The van der Waals surface area contributed by atoms with E-state index in [0.29, 0.717) is 11.3 Å². The summed E-state index contributed by atoms with van der Waals surface area (Å²) in [5.41, 5.74) is 0.343. The summed E-state index contributed by atoms with van der Waals surface area (Å²) in [7, 11) is 3.75. The van der Waals surface area contributed by atoms with E-state index in [2.05, 4.69) is 52.4 Å². The molecule has 3 heterocycles. The van der Waals surface area contributed by atoms with Gasteiger partial charge in [0, 0.05) is 42.7 Å². The van der Waals surface area contributed by atoms with Crippen molar-refractivity contribution in [3.63, 3.8) is 0 Å². The van der Waals surface area contributed by atoms with Crippen LogP contribution in [-0.2, 0) is 7.05 Å². The molecule has 2 N–H and O–H groups in total. The number of halogens is 3. The molecule has 0 radical (unpaired) electrons. The van der Waals surface area contributed by atoms with Gasteiger partial charge in [-0.05, 0) is 51.2 Å². The van der Waals surface area contributed by atoms with Gasteiger partial charge in [-0.1, -0.05) is 31.9 Å². The summed E-state index contributed by atoms with van der Waals surface area (Å²) in [6.07, 6.45) is 3.28. The number of rotatable bonds is 9. The Morgan fingerprint density at radius 3 is 2.53 bits per heavy atom. The van der Waals surface area contributed by atoms with E-state index in [9.17, 15) is 18.0 Å². The van der Waals surface area contributed by atoms with Crippen molar-refractivity contribution in [2.24, 2.45) is 7.05 Å². The van der Waals surface area contributed by atoms with E-state index in [4.69, 9.17) is 0 Å². The van der Waals surface area contributed by atoms with E-state index in [1.807, 2.05) is 0 Å². The summed E-state index contributed by atoms with van der Waals surface area (Å²) < 4.78 is 42.3. The zero-order chi connectivity index (χ0) is 26.5. The minimum atomic E-state index is -4.66. The number of aromatic nitrogens is 3. The standard InChI is InChI=1S/C26H31F3N6O/c1-6-21-22(18(3)31-19-9-13-34(4)14-10-19)16-20(32-24(21)17(2)26(27,28)29)8-7-12-30-25(36)23-11-15-35(5)33-23/h6-8,11,15-16,19,31H,1-3,9-10,12-14H2,4-5H3,(H,30,36)/b8-7+. The maximum atomic E-state index is 13.6. The van der Waals surface area contributed by atoms with E-state index in [1.165, 1.54) is 10.8 Å². The van der Waals surface area contributed by atoms with Crippen molar-refractivity contribution >= 4 is 29.3 Å². The predicted octanol–water partition coefficient (Wildman–Crippen LogP) is 4.13. The summed E-state index contributed by atoms with van der Waals surface area (Å²) >= 11 is 0. The Bertz CT molecular complexity index is 1170. The number of hydrogen-bond donors (Lipinski definition) is 2. The third kappa shape index (κ3) is 6.72. The van der Waals surface area contributed by atoms with Crippen LogP contribution in [0.15, 0.2) is 44.1 Å². The fraction of sp³-hybridized carbons (Fsp3) is 0.346. The van der Waals surface area contributed by atoms with Gasteiger partial charge in [0.2, 0.25) is 0 Å². The number of carbonyl (C=O) groups excluding carboxylic acids is 1. The molecule has 0 atom stereocenters. The van der Waals surface area contributed by atoms with Crippen molar-refractivity contribution in [3.8, 4) is 0 Å². The van der Waals surface area contributed by atoms with Gasteiger partial charge in [-0.2, -0.15) is 18.3 Å². The van der Waals surface area contributed by atoms with Crippen molar-refractivity contribution in [1.82, 2.24) is 30.3 Å². The summed E-state index contributed by atoms with van der Waals surface area (Å²) in [5, 5.41) is 10.1. The molecule has 1 amide bonds. The van der Waals surface area contributed by atoms with Crippen LogP contribution in [0, 0.1) is 0 Å². The minimum Gasteiger partial charge on any atom is -0.382 e. The number of pyridine rings is 1. The molecule has 0 aliphatic carbocycles. The Balaban J connectivity index is 1.85. The highest BCUT2D eigenvalue weighted by Crippen LogP contribution is 2.36. The van der Waals surface area contributed by atoms with Crippen LogP contribution in [0.2, 0.25) is 0 Å². The zero-order valence-electron chi connectivity index (χ0n) is 20.5. The zero-order valence-corrected chi connectivity index (χ0v) is 20.5. The van der Waals surface area contributed by atoms with E-state index >= 15 is 0 Å². The van der Waals surface area contributed by atoms with E-state index in [1.54, 1.807) is 37.5 Å². The molecule has 1 saturated heterocycles. The number of likely N-dealkylation sites (tertiary alicyclic amines) is 1. The van der Waals surface area contributed by atoms with Gasteiger partial charge < -0.3 is 15.5 Å². The van der Waals surface area contributed by atoms with Crippen LogP contribution in [0.1, 0.15) is 45.8 Å².